The summed E-state index contributed by atoms with van der Waals surface area (Å²) in [6.07, 6.45) is 11.5. The lowest BCUT2D eigenvalue weighted by atomic mass is 9.94. The molecule has 1 nitrogen and oxygen atoms in total. The summed E-state index contributed by atoms with van der Waals surface area (Å²) in [5.74, 6) is 0.251. The van der Waals surface area contributed by atoms with E-state index in [1.807, 2.05) is 12.2 Å². The van der Waals surface area contributed by atoms with Crippen molar-refractivity contribution >= 4 is 5.78 Å². The molecule has 0 N–H and O–H groups in total. The van der Waals surface area contributed by atoms with Crippen LogP contribution in [0.4, 0.5) is 0 Å². The molecule has 0 aromatic carbocycles. The molecule has 1 radical (unpaired) electrons. The summed E-state index contributed by atoms with van der Waals surface area (Å²) in [6.45, 7) is 2.14. The molecule has 1 aliphatic carbocycles. The minimum atomic E-state index is 0.111. The third-order valence-corrected chi connectivity index (χ3v) is 1.87. The van der Waals surface area contributed by atoms with E-state index in [1.165, 1.54) is 0 Å². The Bertz CT molecular complexity index is 189. The van der Waals surface area contributed by atoms with Gasteiger partial charge in [0.15, 0.2) is 5.78 Å². The van der Waals surface area contributed by atoms with Gasteiger partial charge in [0.1, 0.15) is 0 Å². The number of hydrogen-bond acceptors (Lipinski definition) is 1. The second-order valence-corrected chi connectivity index (χ2v) is 2.81. The minimum Gasteiger partial charge on any atom is -0.293 e. The van der Waals surface area contributed by atoms with Crippen molar-refractivity contribution in [2.45, 2.75) is 26.2 Å². The molecule has 1 aliphatic rings. The van der Waals surface area contributed by atoms with Crippen LogP contribution < -0.4 is 0 Å². The third-order valence-electron chi connectivity index (χ3n) is 1.87. The summed E-state index contributed by atoms with van der Waals surface area (Å²) < 4.78 is 0. The minimum absolute atomic E-state index is 0.111. The lowest BCUT2D eigenvalue weighted by molar-refractivity contribution is -0.117. The zero-order valence-corrected chi connectivity index (χ0v) is 6.84. The molecule has 11 heavy (non-hydrogen) atoms. The predicted octanol–water partition coefficient (Wildman–Crippen LogP) is 2.29. The van der Waals surface area contributed by atoms with Crippen molar-refractivity contribution in [3.63, 3.8) is 0 Å². The molecule has 1 atom stereocenters. The third kappa shape index (κ3) is 2.34. The number of carbonyl (C=O) groups is 1. The molecule has 0 fully saturated rings. The molecule has 1 heteroatoms. The molecule has 0 aromatic heterocycles. The highest BCUT2D eigenvalue weighted by molar-refractivity contribution is 5.90. The van der Waals surface area contributed by atoms with Gasteiger partial charge < -0.3 is 0 Å². The van der Waals surface area contributed by atoms with Crippen molar-refractivity contribution in [2.24, 2.45) is 5.92 Å². The van der Waals surface area contributed by atoms with E-state index < -0.39 is 0 Å². The summed E-state index contributed by atoms with van der Waals surface area (Å²) in [5.41, 5.74) is 0. The quantitative estimate of drug-likeness (QED) is 0.601. The Morgan fingerprint density at radius 3 is 3.09 bits per heavy atom. The molecule has 59 valence electrons. The van der Waals surface area contributed by atoms with Crippen LogP contribution in [-0.4, -0.2) is 5.78 Å². The normalized spacial score (nSPS) is 22.6. The van der Waals surface area contributed by atoms with Crippen molar-refractivity contribution < 1.29 is 4.79 Å². The number of carbonyl (C=O) groups excluding carboxylic acids is 1. The van der Waals surface area contributed by atoms with Gasteiger partial charge >= 0.3 is 0 Å². The molecule has 0 aliphatic heterocycles. The molecule has 0 saturated heterocycles. The molecule has 0 heterocycles. The van der Waals surface area contributed by atoms with Crippen LogP contribution >= 0.6 is 0 Å². The number of Topliss-reactive ketones (excluding diaryl/α,β-unsaturated/α-hetero) is 1. The second kappa shape index (κ2) is 4.12. The largest absolute Gasteiger partial charge is 0.293 e. The van der Waals surface area contributed by atoms with Crippen molar-refractivity contribution in [3.8, 4) is 0 Å². The summed E-state index contributed by atoms with van der Waals surface area (Å²) in [4.78, 5) is 11.1. The molecule has 0 aromatic rings. The lowest BCUT2D eigenvalue weighted by Gasteiger charge is -2.09. The van der Waals surface area contributed by atoms with E-state index in [9.17, 15) is 4.79 Å². The maximum Gasteiger partial charge on any atom is 0.170 e. The summed E-state index contributed by atoms with van der Waals surface area (Å²) in [7, 11) is 0. The van der Waals surface area contributed by atoms with Gasteiger partial charge in [0.05, 0.1) is 0 Å². The molecular formula is C10H13O. The van der Waals surface area contributed by atoms with Crippen LogP contribution in [0.2, 0.25) is 0 Å². The van der Waals surface area contributed by atoms with Crippen molar-refractivity contribution in [3.05, 3.63) is 24.3 Å². The topological polar surface area (TPSA) is 17.1 Å². The van der Waals surface area contributed by atoms with E-state index >= 15 is 0 Å². The van der Waals surface area contributed by atoms with Crippen LogP contribution in [0.25, 0.3) is 0 Å². The fraction of sp³-hybridized carbons (Fsp3) is 0.500. The van der Waals surface area contributed by atoms with Crippen LogP contribution in [0, 0.1) is 12.0 Å². The average molecular weight is 149 g/mol. The zero-order valence-electron chi connectivity index (χ0n) is 6.84. The first-order valence-electron chi connectivity index (χ1n) is 4.15. The van der Waals surface area contributed by atoms with Gasteiger partial charge in [-0.25, -0.2) is 0 Å². The van der Waals surface area contributed by atoms with Gasteiger partial charge in [-0.2, -0.15) is 0 Å². The Balaban J connectivity index is 2.39. The maximum absolute atomic E-state index is 11.1. The van der Waals surface area contributed by atoms with Crippen molar-refractivity contribution in [1.82, 2.24) is 0 Å². The highest BCUT2D eigenvalue weighted by Gasteiger charge is 2.13. The molecule has 1 unspecified atom stereocenters. The standard InChI is InChI=1S/C10H13O/c1-2-3-6-9-7-4-5-8-10(9)11/h4-5,7,9H,2-3,6H2,1H3. The summed E-state index contributed by atoms with van der Waals surface area (Å²) in [6, 6.07) is 0. The van der Waals surface area contributed by atoms with Crippen LogP contribution in [0.3, 0.4) is 0 Å². The van der Waals surface area contributed by atoms with E-state index in [1.54, 1.807) is 6.08 Å². The highest BCUT2D eigenvalue weighted by atomic mass is 16.1. The first kappa shape index (κ1) is 8.25. The molecule has 0 amide bonds. The number of ketones is 1. The Morgan fingerprint density at radius 1 is 1.64 bits per heavy atom. The first-order valence-corrected chi connectivity index (χ1v) is 4.15. The number of unbranched alkanes of at least 4 members (excludes halogenated alkanes) is 1. The predicted molar refractivity (Wildman–Crippen MR) is 45.0 cm³/mol. The Labute approximate surface area is 67.8 Å². The Hall–Kier alpha value is -0.850. The van der Waals surface area contributed by atoms with Crippen LogP contribution in [0.5, 0.6) is 0 Å². The molecule has 0 spiro atoms. The Kier molecular flexibility index (Phi) is 3.09. The van der Waals surface area contributed by atoms with Crippen molar-refractivity contribution in [1.29, 1.82) is 0 Å². The van der Waals surface area contributed by atoms with E-state index in [2.05, 4.69) is 13.0 Å². The van der Waals surface area contributed by atoms with Gasteiger partial charge in [0, 0.05) is 12.0 Å². The van der Waals surface area contributed by atoms with Gasteiger partial charge in [-0.1, -0.05) is 38.0 Å². The number of rotatable bonds is 3. The van der Waals surface area contributed by atoms with E-state index in [0.717, 1.165) is 19.3 Å². The molecule has 1 rings (SSSR count). The fourth-order valence-corrected chi connectivity index (χ4v) is 1.17. The fourth-order valence-electron chi connectivity index (χ4n) is 1.17. The lowest BCUT2D eigenvalue weighted by Crippen LogP contribution is -2.11. The van der Waals surface area contributed by atoms with Gasteiger partial charge in [0.2, 0.25) is 0 Å². The van der Waals surface area contributed by atoms with Gasteiger partial charge in [-0.15, -0.1) is 0 Å². The molecule has 0 saturated carbocycles. The summed E-state index contributed by atoms with van der Waals surface area (Å²) >= 11 is 0. The van der Waals surface area contributed by atoms with Gasteiger partial charge in [0.25, 0.3) is 0 Å². The van der Waals surface area contributed by atoms with Gasteiger partial charge in [-0.05, 0) is 6.42 Å². The first-order chi connectivity index (χ1) is 5.34. The van der Waals surface area contributed by atoms with E-state index in [0.29, 0.717) is 0 Å². The van der Waals surface area contributed by atoms with Crippen LogP contribution in [0.15, 0.2) is 18.2 Å². The average Bonchev–Trinajstić information content (AvgIpc) is 2.03. The maximum atomic E-state index is 11.1. The highest BCUT2D eigenvalue weighted by Crippen LogP contribution is 2.14. The zero-order chi connectivity index (χ0) is 8.10. The Morgan fingerprint density at radius 2 is 2.45 bits per heavy atom. The number of hydrogen-bond donors (Lipinski definition) is 0. The second-order valence-electron chi connectivity index (χ2n) is 2.81. The van der Waals surface area contributed by atoms with Crippen molar-refractivity contribution in [2.75, 3.05) is 0 Å². The number of allylic oxidation sites excluding steroid dienone is 4. The molecular weight excluding hydrogens is 136 g/mol. The van der Waals surface area contributed by atoms with E-state index in [4.69, 9.17) is 0 Å². The molecule has 0 bridgehead atoms. The van der Waals surface area contributed by atoms with Crippen LogP contribution in [-0.2, 0) is 4.79 Å². The SMILES string of the molecule is CCCCC1C=CC=[C]C1=O. The van der Waals surface area contributed by atoms with Crippen LogP contribution in [0.1, 0.15) is 26.2 Å². The smallest absolute Gasteiger partial charge is 0.170 e. The monoisotopic (exact) mass is 149 g/mol. The van der Waals surface area contributed by atoms with Gasteiger partial charge in [-0.3, -0.25) is 4.79 Å². The van der Waals surface area contributed by atoms with E-state index in [-0.39, 0.29) is 11.7 Å². The summed E-state index contributed by atoms with van der Waals surface area (Å²) in [5, 5.41) is 0.